The molecule has 4 heteroatoms. The van der Waals surface area contributed by atoms with Gasteiger partial charge in [0.2, 0.25) is 5.91 Å². The number of carbonyl (C=O) groups excluding carboxylic acids is 1. The van der Waals surface area contributed by atoms with E-state index in [0.29, 0.717) is 12.6 Å². The van der Waals surface area contributed by atoms with Gasteiger partial charge < -0.3 is 10.6 Å². The van der Waals surface area contributed by atoms with Crippen molar-refractivity contribution in [2.24, 2.45) is 0 Å². The van der Waals surface area contributed by atoms with Crippen LogP contribution in [0, 0.1) is 0 Å². The zero-order chi connectivity index (χ0) is 15.1. The second kappa shape index (κ2) is 8.54. The molecule has 21 heavy (non-hydrogen) atoms. The molecule has 0 saturated heterocycles. The third-order valence-corrected chi connectivity index (χ3v) is 4.69. The second-order valence-corrected chi connectivity index (χ2v) is 6.83. The highest BCUT2D eigenvalue weighted by Gasteiger charge is 2.15. The molecule has 2 rings (SSSR count). The molecule has 116 valence electrons. The molecule has 2 N–H and O–H groups in total. The Balaban J connectivity index is 1.73. The highest BCUT2D eigenvalue weighted by atomic mass is 79.9. The van der Waals surface area contributed by atoms with Gasteiger partial charge in [0.25, 0.3) is 0 Å². The number of nitrogens with one attached hydrogen (secondary N) is 2. The average molecular weight is 353 g/mol. The van der Waals surface area contributed by atoms with E-state index in [2.05, 4.69) is 45.6 Å². The predicted molar refractivity (Wildman–Crippen MR) is 90.2 cm³/mol. The van der Waals surface area contributed by atoms with Gasteiger partial charge in [-0.1, -0.05) is 53.7 Å². The Labute approximate surface area is 136 Å². The Bertz CT molecular complexity index is 439. The Morgan fingerprint density at radius 3 is 2.43 bits per heavy atom. The van der Waals surface area contributed by atoms with E-state index in [0.717, 1.165) is 17.3 Å². The fourth-order valence-electron chi connectivity index (χ4n) is 2.82. The Morgan fingerprint density at radius 2 is 1.81 bits per heavy atom. The quantitative estimate of drug-likeness (QED) is 0.788. The summed E-state index contributed by atoms with van der Waals surface area (Å²) in [6, 6.07) is 8.76. The molecule has 1 saturated carbocycles. The molecule has 1 fully saturated rings. The summed E-state index contributed by atoms with van der Waals surface area (Å²) < 4.78 is 1.07. The number of hydrogen-bond donors (Lipinski definition) is 2. The van der Waals surface area contributed by atoms with Gasteiger partial charge in [-0.05, 0) is 37.5 Å². The van der Waals surface area contributed by atoms with Crippen molar-refractivity contribution in [1.29, 1.82) is 0 Å². The minimum atomic E-state index is 0.117. The minimum absolute atomic E-state index is 0.117. The monoisotopic (exact) mass is 352 g/mol. The first-order valence-corrected chi connectivity index (χ1v) is 8.72. The van der Waals surface area contributed by atoms with Crippen LogP contribution in [0.3, 0.4) is 0 Å². The van der Waals surface area contributed by atoms with E-state index in [4.69, 9.17) is 0 Å². The van der Waals surface area contributed by atoms with Crippen LogP contribution in [0.2, 0.25) is 0 Å². The van der Waals surface area contributed by atoms with E-state index in [-0.39, 0.29) is 11.9 Å². The van der Waals surface area contributed by atoms with Crippen LogP contribution in [0.5, 0.6) is 0 Å². The number of carbonyl (C=O) groups is 1. The Hall–Kier alpha value is -0.870. The lowest BCUT2D eigenvalue weighted by Crippen LogP contribution is -2.40. The van der Waals surface area contributed by atoms with Gasteiger partial charge in [-0.15, -0.1) is 0 Å². The number of amides is 1. The number of halogens is 1. The second-order valence-electron chi connectivity index (χ2n) is 5.91. The van der Waals surface area contributed by atoms with E-state index < -0.39 is 0 Å². The van der Waals surface area contributed by atoms with E-state index >= 15 is 0 Å². The van der Waals surface area contributed by atoms with E-state index in [9.17, 15) is 4.79 Å². The first-order valence-electron chi connectivity index (χ1n) is 7.93. The van der Waals surface area contributed by atoms with E-state index in [1.807, 2.05) is 12.1 Å². The first kappa shape index (κ1) is 16.5. The molecule has 1 atom stereocenters. The first-order chi connectivity index (χ1) is 10.1. The molecule has 0 aromatic heterocycles. The molecule has 1 aromatic rings. The standard InChI is InChI=1S/C17H25BrN2O/c1-13(14-8-10-15(18)11-9-14)19-12-17(21)20-16-6-4-2-3-5-7-16/h8-11,13,16,19H,2-7,12H2,1H3,(H,20,21)/t13-/m0/s1. The van der Waals surface area contributed by atoms with Crippen molar-refractivity contribution in [3.05, 3.63) is 34.3 Å². The molecule has 0 unspecified atom stereocenters. The van der Waals surface area contributed by atoms with Crippen molar-refractivity contribution in [2.75, 3.05) is 6.54 Å². The maximum Gasteiger partial charge on any atom is 0.234 e. The lowest BCUT2D eigenvalue weighted by atomic mass is 10.1. The zero-order valence-electron chi connectivity index (χ0n) is 12.7. The normalized spacial score (nSPS) is 18.0. The summed E-state index contributed by atoms with van der Waals surface area (Å²) in [6.07, 6.45) is 7.37. The molecule has 3 nitrogen and oxygen atoms in total. The largest absolute Gasteiger partial charge is 0.352 e. The third-order valence-electron chi connectivity index (χ3n) is 4.16. The van der Waals surface area contributed by atoms with Crippen LogP contribution in [0.15, 0.2) is 28.7 Å². The van der Waals surface area contributed by atoms with Crippen LogP contribution in [0.25, 0.3) is 0 Å². The molecule has 1 aliphatic carbocycles. The van der Waals surface area contributed by atoms with Gasteiger partial charge in [-0.2, -0.15) is 0 Å². The molecule has 1 aliphatic rings. The molecule has 0 bridgehead atoms. The maximum atomic E-state index is 12.0. The summed E-state index contributed by atoms with van der Waals surface area (Å²) in [4.78, 5) is 12.0. The summed E-state index contributed by atoms with van der Waals surface area (Å²) in [5.41, 5.74) is 1.19. The fourth-order valence-corrected chi connectivity index (χ4v) is 3.08. The zero-order valence-corrected chi connectivity index (χ0v) is 14.3. The van der Waals surface area contributed by atoms with Crippen molar-refractivity contribution >= 4 is 21.8 Å². The Kier molecular flexibility index (Phi) is 6.71. The minimum Gasteiger partial charge on any atom is -0.352 e. The van der Waals surface area contributed by atoms with Gasteiger partial charge in [0.15, 0.2) is 0 Å². The highest BCUT2D eigenvalue weighted by molar-refractivity contribution is 9.10. The van der Waals surface area contributed by atoms with Crippen LogP contribution < -0.4 is 10.6 Å². The van der Waals surface area contributed by atoms with Gasteiger partial charge in [-0.25, -0.2) is 0 Å². The van der Waals surface area contributed by atoms with Gasteiger partial charge in [0.05, 0.1) is 6.54 Å². The number of rotatable bonds is 5. The Morgan fingerprint density at radius 1 is 1.19 bits per heavy atom. The fraction of sp³-hybridized carbons (Fsp3) is 0.588. The lowest BCUT2D eigenvalue weighted by molar-refractivity contribution is -0.121. The van der Waals surface area contributed by atoms with Gasteiger partial charge >= 0.3 is 0 Å². The van der Waals surface area contributed by atoms with Crippen LogP contribution >= 0.6 is 15.9 Å². The summed E-state index contributed by atoms with van der Waals surface area (Å²) in [7, 11) is 0. The summed E-state index contributed by atoms with van der Waals surface area (Å²) >= 11 is 3.43. The summed E-state index contributed by atoms with van der Waals surface area (Å²) in [5.74, 6) is 0.117. The van der Waals surface area contributed by atoms with E-state index in [1.165, 1.54) is 31.2 Å². The van der Waals surface area contributed by atoms with Crippen molar-refractivity contribution in [2.45, 2.75) is 57.5 Å². The lowest BCUT2D eigenvalue weighted by Gasteiger charge is -2.18. The summed E-state index contributed by atoms with van der Waals surface area (Å²) in [6.45, 7) is 2.47. The summed E-state index contributed by atoms with van der Waals surface area (Å²) in [5, 5.41) is 6.46. The van der Waals surface area contributed by atoms with Crippen LogP contribution in [-0.2, 0) is 4.79 Å². The van der Waals surface area contributed by atoms with Gasteiger partial charge in [0.1, 0.15) is 0 Å². The molecule has 0 spiro atoms. The van der Waals surface area contributed by atoms with Crippen molar-refractivity contribution < 1.29 is 4.79 Å². The van der Waals surface area contributed by atoms with Crippen molar-refractivity contribution in [1.82, 2.24) is 10.6 Å². The van der Waals surface area contributed by atoms with Gasteiger partial charge in [-0.3, -0.25) is 4.79 Å². The molecular formula is C17H25BrN2O. The van der Waals surface area contributed by atoms with Gasteiger partial charge in [0, 0.05) is 16.6 Å². The smallest absolute Gasteiger partial charge is 0.234 e. The highest BCUT2D eigenvalue weighted by Crippen LogP contribution is 2.18. The molecule has 0 heterocycles. The SMILES string of the molecule is C[C@H](NCC(=O)NC1CCCCCC1)c1ccc(Br)cc1. The van der Waals surface area contributed by atoms with E-state index in [1.54, 1.807) is 0 Å². The number of benzene rings is 1. The predicted octanol–water partition coefficient (Wildman–Crippen LogP) is 3.94. The van der Waals surface area contributed by atoms with Crippen molar-refractivity contribution in [3.8, 4) is 0 Å². The molecule has 0 aliphatic heterocycles. The molecular weight excluding hydrogens is 328 g/mol. The maximum absolute atomic E-state index is 12.0. The van der Waals surface area contributed by atoms with Crippen LogP contribution in [0.1, 0.15) is 57.1 Å². The topological polar surface area (TPSA) is 41.1 Å². The molecule has 1 amide bonds. The molecule has 1 aromatic carbocycles. The molecule has 0 radical (unpaired) electrons. The number of hydrogen-bond acceptors (Lipinski definition) is 2. The third kappa shape index (κ3) is 5.79. The van der Waals surface area contributed by atoms with Crippen LogP contribution in [-0.4, -0.2) is 18.5 Å². The average Bonchev–Trinajstić information content (AvgIpc) is 2.74. The van der Waals surface area contributed by atoms with Crippen LogP contribution in [0.4, 0.5) is 0 Å². The van der Waals surface area contributed by atoms with Crippen molar-refractivity contribution in [3.63, 3.8) is 0 Å².